The number of halogens is 1. The summed E-state index contributed by atoms with van der Waals surface area (Å²) in [5.74, 6) is 0.246. The van der Waals surface area contributed by atoms with Crippen LogP contribution in [0.1, 0.15) is 18.4 Å². The van der Waals surface area contributed by atoms with E-state index in [9.17, 15) is 10.1 Å². The molecule has 1 heterocycles. The maximum atomic E-state index is 11.0. The van der Waals surface area contributed by atoms with Gasteiger partial charge in [0.05, 0.1) is 9.40 Å². The van der Waals surface area contributed by atoms with Crippen LogP contribution < -0.4 is 5.32 Å². The number of benzene rings is 1. The van der Waals surface area contributed by atoms with Crippen molar-refractivity contribution in [2.75, 3.05) is 11.9 Å². The van der Waals surface area contributed by atoms with Crippen molar-refractivity contribution in [2.45, 2.75) is 12.8 Å². The highest BCUT2D eigenvalue weighted by molar-refractivity contribution is 9.10. The molecule has 0 radical (unpaired) electrons. The number of hydrogen-bond acceptors (Lipinski definition) is 4. The molecule has 1 aromatic heterocycles. The van der Waals surface area contributed by atoms with Crippen molar-refractivity contribution in [3.8, 4) is 0 Å². The predicted molar refractivity (Wildman–Crippen MR) is 81.9 cm³/mol. The van der Waals surface area contributed by atoms with E-state index in [0.717, 1.165) is 0 Å². The Kier molecular flexibility index (Phi) is 4.68. The van der Waals surface area contributed by atoms with Crippen LogP contribution in [-0.2, 0) is 0 Å². The van der Waals surface area contributed by atoms with Crippen LogP contribution in [0.5, 0.6) is 0 Å². The Labute approximate surface area is 125 Å². The summed E-state index contributed by atoms with van der Waals surface area (Å²) in [5, 5.41) is 14.1. The zero-order valence-corrected chi connectivity index (χ0v) is 12.5. The van der Waals surface area contributed by atoms with E-state index in [0.29, 0.717) is 16.7 Å². The van der Waals surface area contributed by atoms with E-state index in [2.05, 4.69) is 33.2 Å². The summed E-state index contributed by atoms with van der Waals surface area (Å²) in [6.07, 6.45) is 2.79. The van der Waals surface area contributed by atoms with Crippen LogP contribution in [0, 0.1) is 10.1 Å². The fraction of sp³-hybridized carbons (Fsp3) is 0.214. The molecule has 0 aliphatic carbocycles. The number of hydrogen-bond donors (Lipinski definition) is 1. The normalized spacial score (nSPS) is 11.9. The molecule has 1 aromatic carbocycles. The van der Waals surface area contributed by atoms with E-state index in [4.69, 9.17) is 0 Å². The lowest BCUT2D eigenvalue weighted by atomic mass is 10.0. The SMILES string of the molecule is CC(CNc1c(Br)cncc1[N+](=O)[O-])c1ccccc1. The average molecular weight is 336 g/mol. The van der Waals surface area contributed by atoms with Gasteiger partial charge in [0.25, 0.3) is 0 Å². The van der Waals surface area contributed by atoms with Gasteiger partial charge in [-0.3, -0.25) is 15.1 Å². The fourth-order valence-electron chi connectivity index (χ4n) is 1.89. The van der Waals surface area contributed by atoms with E-state index in [1.165, 1.54) is 11.8 Å². The van der Waals surface area contributed by atoms with Crippen molar-refractivity contribution in [3.63, 3.8) is 0 Å². The number of aromatic nitrogens is 1. The number of anilines is 1. The third-order valence-electron chi connectivity index (χ3n) is 3.03. The second kappa shape index (κ2) is 6.47. The molecule has 1 atom stereocenters. The van der Waals surface area contributed by atoms with E-state index in [1.807, 2.05) is 30.3 Å². The van der Waals surface area contributed by atoms with E-state index in [-0.39, 0.29) is 11.6 Å². The molecule has 0 spiro atoms. The first-order chi connectivity index (χ1) is 9.59. The zero-order chi connectivity index (χ0) is 14.5. The van der Waals surface area contributed by atoms with Crippen LogP contribution >= 0.6 is 15.9 Å². The molecule has 0 fully saturated rings. The van der Waals surface area contributed by atoms with Crippen molar-refractivity contribution < 1.29 is 4.92 Å². The van der Waals surface area contributed by atoms with Crippen molar-refractivity contribution >= 4 is 27.3 Å². The van der Waals surface area contributed by atoms with Crippen LogP contribution in [-0.4, -0.2) is 16.5 Å². The lowest BCUT2D eigenvalue weighted by molar-refractivity contribution is -0.384. The van der Waals surface area contributed by atoms with Crippen LogP contribution in [0.2, 0.25) is 0 Å². The second-order valence-electron chi connectivity index (χ2n) is 4.47. The summed E-state index contributed by atoms with van der Waals surface area (Å²) in [7, 11) is 0. The molecule has 0 aliphatic rings. The summed E-state index contributed by atoms with van der Waals surface area (Å²) in [5.41, 5.74) is 1.63. The minimum atomic E-state index is -0.437. The van der Waals surface area contributed by atoms with E-state index in [1.54, 1.807) is 6.20 Å². The van der Waals surface area contributed by atoms with Crippen LogP contribution in [0.25, 0.3) is 0 Å². The molecule has 6 heteroatoms. The molecule has 1 N–H and O–H groups in total. The summed E-state index contributed by atoms with van der Waals surface area (Å²) >= 11 is 3.29. The first-order valence-electron chi connectivity index (χ1n) is 6.16. The predicted octanol–water partition coefficient (Wildman–Crippen LogP) is 3.97. The second-order valence-corrected chi connectivity index (χ2v) is 5.32. The molecule has 1 unspecified atom stereocenters. The molecular weight excluding hydrogens is 322 g/mol. The Morgan fingerprint density at radius 2 is 2.05 bits per heavy atom. The molecule has 0 saturated heterocycles. The van der Waals surface area contributed by atoms with Crippen molar-refractivity contribution in [2.24, 2.45) is 0 Å². The third-order valence-corrected chi connectivity index (χ3v) is 3.63. The topological polar surface area (TPSA) is 68.1 Å². The number of nitrogens with one attached hydrogen (secondary N) is 1. The number of nitrogens with zero attached hydrogens (tertiary/aromatic N) is 2. The van der Waals surface area contributed by atoms with Gasteiger partial charge in [-0.05, 0) is 27.4 Å². The van der Waals surface area contributed by atoms with Gasteiger partial charge in [-0.1, -0.05) is 37.3 Å². The smallest absolute Gasteiger partial charge is 0.311 e. The average Bonchev–Trinajstić information content (AvgIpc) is 2.46. The molecule has 2 aromatic rings. The molecule has 104 valence electrons. The van der Waals surface area contributed by atoms with Crippen LogP contribution in [0.15, 0.2) is 47.2 Å². The molecule has 0 saturated carbocycles. The Bertz CT molecular complexity index is 605. The third kappa shape index (κ3) is 3.33. The van der Waals surface area contributed by atoms with Crippen molar-refractivity contribution in [1.82, 2.24) is 4.98 Å². The summed E-state index contributed by atoms with van der Waals surface area (Å²) < 4.78 is 0.590. The van der Waals surface area contributed by atoms with Crippen molar-refractivity contribution in [3.05, 3.63) is 62.9 Å². The first-order valence-corrected chi connectivity index (χ1v) is 6.95. The fourth-order valence-corrected chi connectivity index (χ4v) is 2.35. The molecule has 0 bridgehead atoms. The first kappa shape index (κ1) is 14.5. The highest BCUT2D eigenvalue weighted by Crippen LogP contribution is 2.31. The molecule has 20 heavy (non-hydrogen) atoms. The molecule has 0 amide bonds. The molecule has 2 rings (SSSR count). The molecule has 5 nitrogen and oxygen atoms in total. The zero-order valence-electron chi connectivity index (χ0n) is 10.9. The van der Waals surface area contributed by atoms with E-state index < -0.39 is 4.92 Å². The lowest BCUT2D eigenvalue weighted by Crippen LogP contribution is -2.11. The van der Waals surface area contributed by atoms with Gasteiger partial charge in [0.15, 0.2) is 0 Å². The van der Waals surface area contributed by atoms with Gasteiger partial charge in [0, 0.05) is 12.7 Å². The number of rotatable bonds is 5. The van der Waals surface area contributed by atoms with E-state index >= 15 is 0 Å². The van der Waals surface area contributed by atoms with Gasteiger partial charge in [-0.2, -0.15) is 0 Å². The Morgan fingerprint density at radius 3 is 2.70 bits per heavy atom. The molecule has 0 aliphatic heterocycles. The van der Waals surface area contributed by atoms with Gasteiger partial charge in [0.2, 0.25) is 0 Å². The monoisotopic (exact) mass is 335 g/mol. The Balaban J connectivity index is 2.13. The Hall–Kier alpha value is -1.95. The maximum absolute atomic E-state index is 11.0. The largest absolute Gasteiger partial charge is 0.378 e. The van der Waals surface area contributed by atoms with Crippen molar-refractivity contribution in [1.29, 1.82) is 0 Å². The van der Waals surface area contributed by atoms with Gasteiger partial charge in [-0.25, -0.2) is 0 Å². The van der Waals surface area contributed by atoms with Crippen LogP contribution in [0.4, 0.5) is 11.4 Å². The van der Waals surface area contributed by atoms with Gasteiger partial charge in [0.1, 0.15) is 11.9 Å². The minimum Gasteiger partial charge on any atom is -0.378 e. The van der Waals surface area contributed by atoms with Gasteiger partial charge in [-0.15, -0.1) is 0 Å². The summed E-state index contributed by atoms with van der Waals surface area (Å²) in [6.45, 7) is 2.68. The number of nitro groups is 1. The highest BCUT2D eigenvalue weighted by atomic mass is 79.9. The van der Waals surface area contributed by atoms with Crippen LogP contribution in [0.3, 0.4) is 0 Å². The lowest BCUT2D eigenvalue weighted by Gasteiger charge is -2.14. The maximum Gasteiger partial charge on any atom is 0.311 e. The van der Waals surface area contributed by atoms with Gasteiger partial charge >= 0.3 is 5.69 Å². The summed E-state index contributed by atoms with van der Waals surface area (Å²) in [6, 6.07) is 10.0. The minimum absolute atomic E-state index is 0.0281. The van der Waals surface area contributed by atoms with Gasteiger partial charge < -0.3 is 5.32 Å². The quantitative estimate of drug-likeness (QED) is 0.663. The highest BCUT2D eigenvalue weighted by Gasteiger charge is 2.17. The molecular formula is C14H14BrN3O2. The summed E-state index contributed by atoms with van der Waals surface area (Å²) in [4.78, 5) is 14.4. The Morgan fingerprint density at radius 1 is 1.35 bits per heavy atom. The number of pyridine rings is 1. The standard InChI is InChI=1S/C14H14BrN3O2/c1-10(11-5-3-2-4-6-11)7-17-14-12(15)8-16-9-13(14)18(19)20/h2-6,8-10H,7H2,1H3,(H,16,17).